The molecule has 0 radical (unpaired) electrons. The lowest BCUT2D eigenvalue weighted by Crippen LogP contribution is -2.33. The SMILES string of the molecule is CN(C)S(=O)(=O)C[C@@H]1CN(C(=O)c2scc3c2OCCO3)C[C@H]1O. The minimum Gasteiger partial charge on any atom is -0.485 e. The van der Waals surface area contributed by atoms with E-state index in [4.69, 9.17) is 9.47 Å². The Labute approximate surface area is 144 Å². The Morgan fingerprint density at radius 1 is 1.38 bits per heavy atom. The molecule has 0 aromatic carbocycles. The van der Waals surface area contributed by atoms with Crippen molar-refractivity contribution in [3.05, 3.63) is 10.3 Å². The molecule has 3 heterocycles. The summed E-state index contributed by atoms with van der Waals surface area (Å²) in [6.07, 6.45) is -0.864. The van der Waals surface area contributed by atoms with Crippen molar-refractivity contribution in [2.24, 2.45) is 5.92 Å². The number of carbonyl (C=O) groups is 1. The number of β-amino-alcohol motifs (C(OH)–C–C–N with tert-alkyl or cyclic N) is 1. The van der Waals surface area contributed by atoms with Crippen LogP contribution in [0.4, 0.5) is 0 Å². The molecule has 8 nitrogen and oxygen atoms in total. The van der Waals surface area contributed by atoms with Crippen molar-refractivity contribution >= 4 is 27.3 Å². The van der Waals surface area contributed by atoms with Crippen LogP contribution in [-0.4, -0.2) is 80.9 Å². The summed E-state index contributed by atoms with van der Waals surface area (Å²) < 4.78 is 36.1. The van der Waals surface area contributed by atoms with Gasteiger partial charge in [-0.2, -0.15) is 0 Å². The fourth-order valence-corrected chi connectivity index (χ4v) is 4.82. The quantitative estimate of drug-likeness (QED) is 0.785. The van der Waals surface area contributed by atoms with E-state index >= 15 is 0 Å². The van der Waals surface area contributed by atoms with Gasteiger partial charge in [-0.05, 0) is 0 Å². The van der Waals surface area contributed by atoms with Crippen molar-refractivity contribution in [1.29, 1.82) is 0 Å². The van der Waals surface area contributed by atoms with Crippen molar-refractivity contribution in [2.45, 2.75) is 6.10 Å². The van der Waals surface area contributed by atoms with E-state index in [0.29, 0.717) is 29.6 Å². The van der Waals surface area contributed by atoms with Gasteiger partial charge in [0.25, 0.3) is 5.91 Å². The topological polar surface area (TPSA) is 96.4 Å². The summed E-state index contributed by atoms with van der Waals surface area (Å²) in [5.74, 6) is 0.0358. The molecule has 1 aromatic rings. The molecule has 2 aliphatic heterocycles. The van der Waals surface area contributed by atoms with E-state index in [2.05, 4.69) is 0 Å². The molecule has 0 saturated carbocycles. The van der Waals surface area contributed by atoms with Gasteiger partial charge >= 0.3 is 0 Å². The summed E-state index contributed by atoms with van der Waals surface area (Å²) >= 11 is 1.23. The zero-order valence-corrected chi connectivity index (χ0v) is 15.1. The van der Waals surface area contributed by atoms with E-state index < -0.39 is 22.0 Å². The number of fused-ring (bicyclic) bond motifs is 1. The second-order valence-corrected chi connectivity index (χ2v) is 9.16. The third kappa shape index (κ3) is 3.23. The average molecular weight is 376 g/mol. The molecule has 2 atom stereocenters. The predicted molar refractivity (Wildman–Crippen MR) is 88.2 cm³/mol. The Kier molecular flexibility index (Phi) is 4.73. The summed E-state index contributed by atoms with van der Waals surface area (Å²) in [6.45, 7) is 1.14. The molecule has 0 spiro atoms. The minimum atomic E-state index is -3.44. The van der Waals surface area contributed by atoms with Crippen molar-refractivity contribution in [1.82, 2.24) is 9.21 Å². The Hall–Kier alpha value is -1.36. The molecule has 1 aromatic heterocycles. The summed E-state index contributed by atoms with van der Waals surface area (Å²) in [4.78, 5) is 14.6. The number of carbonyl (C=O) groups excluding carboxylic acids is 1. The van der Waals surface area contributed by atoms with E-state index in [1.54, 1.807) is 5.38 Å². The molecule has 1 saturated heterocycles. The van der Waals surface area contributed by atoms with Crippen molar-refractivity contribution in [3.8, 4) is 11.5 Å². The van der Waals surface area contributed by atoms with E-state index in [9.17, 15) is 18.3 Å². The first-order valence-electron chi connectivity index (χ1n) is 7.54. The molecular weight excluding hydrogens is 356 g/mol. The monoisotopic (exact) mass is 376 g/mol. The molecule has 24 heavy (non-hydrogen) atoms. The number of hydrogen-bond donors (Lipinski definition) is 1. The molecular formula is C14H20N2O6S2. The number of aliphatic hydroxyl groups is 1. The number of nitrogens with zero attached hydrogens (tertiary/aromatic N) is 2. The van der Waals surface area contributed by atoms with Crippen LogP contribution in [-0.2, 0) is 10.0 Å². The Balaban J connectivity index is 1.73. The molecule has 0 bridgehead atoms. The summed E-state index contributed by atoms with van der Waals surface area (Å²) in [5, 5.41) is 11.9. The van der Waals surface area contributed by atoms with Gasteiger partial charge < -0.3 is 19.5 Å². The molecule has 10 heteroatoms. The van der Waals surface area contributed by atoms with Crippen LogP contribution in [0.15, 0.2) is 5.38 Å². The number of hydrogen-bond acceptors (Lipinski definition) is 7. The number of amides is 1. The van der Waals surface area contributed by atoms with Gasteiger partial charge in [0.15, 0.2) is 11.5 Å². The summed E-state index contributed by atoms with van der Waals surface area (Å²) in [5.41, 5.74) is 0. The van der Waals surface area contributed by atoms with Gasteiger partial charge in [-0.15, -0.1) is 11.3 Å². The number of likely N-dealkylation sites (tertiary alicyclic amines) is 1. The maximum Gasteiger partial charge on any atom is 0.268 e. The average Bonchev–Trinajstić information content (AvgIpc) is 3.10. The third-order valence-corrected chi connectivity index (χ3v) is 7.06. The molecule has 134 valence electrons. The highest BCUT2D eigenvalue weighted by atomic mass is 32.2. The maximum atomic E-state index is 12.7. The van der Waals surface area contributed by atoms with Crippen molar-refractivity contribution in [3.63, 3.8) is 0 Å². The first-order valence-corrected chi connectivity index (χ1v) is 10.0. The highest BCUT2D eigenvalue weighted by molar-refractivity contribution is 7.89. The standard InChI is InChI=1S/C14H20N2O6S2/c1-15(2)24(19,20)8-9-5-16(6-10(9)17)14(18)13-12-11(7-23-13)21-3-4-22-12/h7,9-10,17H,3-6,8H2,1-2H3/t9-,10+/m0/s1. The van der Waals surface area contributed by atoms with Crippen LogP contribution in [0.5, 0.6) is 11.5 Å². The van der Waals surface area contributed by atoms with E-state index in [1.165, 1.54) is 30.3 Å². The fourth-order valence-electron chi connectivity index (χ4n) is 2.76. The lowest BCUT2D eigenvalue weighted by molar-refractivity contribution is 0.0761. The van der Waals surface area contributed by atoms with E-state index in [-0.39, 0.29) is 24.7 Å². The third-order valence-electron chi connectivity index (χ3n) is 4.17. The number of ether oxygens (including phenoxy) is 2. The van der Waals surface area contributed by atoms with Gasteiger partial charge in [-0.25, -0.2) is 12.7 Å². The molecule has 0 unspecified atom stereocenters. The summed E-state index contributed by atoms with van der Waals surface area (Å²) in [7, 11) is -0.532. The van der Waals surface area contributed by atoms with Crippen LogP contribution in [0, 0.1) is 5.92 Å². The van der Waals surface area contributed by atoms with Crippen LogP contribution in [0.25, 0.3) is 0 Å². The van der Waals surface area contributed by atoms with Crippen molar-refractivity contribution < 1.29 is 27.8 Å². The normalized spacial score (nSPS) is 23.8. The predicted octanol–water partition coefficient (Wildman–Crippen LogP) is -0.156. The fraction of sp³-hybridized carbons (Fsp3) is 0.643. The molecule has 0 aliphatic carbocycles. The van der Waals surface area contributed by atoms with Crippen LogP contribution in [0.2, 0.25) is 0 Å². The summed E-state index contributed by atoms with van der Waals surface area (Å²) in [6, 6.07) is 0. The lowest BCUT2D eigenvalue weighted by atomic mass is 10.1. The number of sulfonamides is 1. The highest BCUT2D eigenvalue weighted by Crippen LogP contribution is 2.40. The molecule has 2 aliphatic rings. The van der Waals surface area contributed by atoms with Gasteiger partial charge in [-0.1, -0.05) is 0 Å². The van der Waals surface area contributed by atoms with Crippen LogP contribution in [0.1, 0.15) is 9.67 Å². The van der Waals surface area contributed by atoms with Gasteiger partial charge in [0, 0.05) is 38.5 Å². The minimum absolute atomic E-state index is 0.111. The molecule has 1 amide bonds. The van der Waals surface area contributed by atoms with Gasteiger partial charge in [0.2, 0.25) is 10.0 Å². The maximum absolute atomic E-state index is 12.7. The number of aliphatic hydroxyl groups excluding tert-OH is 1. The Morgan fingerprint density at radius 2 is 2.08 bits per heavy atom. The first kappa shape index (κ1) is 17.5. The lowest BCUT2D eigenvalue weighted by Gasteiger charge is -2.19. The van der Waals surface area contributed by atoms with E-state index in [0.717, 1.165) is 4.31 Å². The second-order valence-electron chi connectivity index (χ2n) is 6.05. The number of rotatable bonds is 4. The second kappa shape index (κ2) is 6.51. The molecule has 3 rings (SSSR count). The smallest absolute Gasteiger partial charge is 0.268 e. The first-order chi connectivity index (χ1) is 11.3. The van der Waals surface area contributed by atoms with E-state index in [1.807, 2.05) is 0 Å². The zero-order valence-electron chi connectivity index (χ0n) is 13.5. The van der Waals surface area contributed by atoms with Crippen LogP contribution >= 0.6 is 11.3 Å². The Bertz CT molecular complexity index is 730. The van der Waals surface area contributed by atoms with Gasteiger partial charge in [-0.3, -0.25) is 4.79 Å². The van der Waals surface area contributed by atoms with Crippen LogP contribution in [0.3, 0.4) is 0 Å². The Morgan fingerprint density at radius 3 is 2.79 bits per heavy atom. The molecule has 1 fully saturated rings. The van der Waals surface area contributed by atoms with Crippen LogP contribution < -0.4 is 9.47 Å². The highest BCUT2D eigenvalue weighted by Gasteiger charge is 2.39. The zero-order chi connectivity index (χ0) is 17.5. The number of thiophene rings is 1. The molecule has 1 N–H and O–H groups in total. The largest absolute Gasteiger partial charge is 0.485 e. The van der Waals surface area contributed by atoms with Gasteiger partial charge in [0.1, 0.15) is 18.1 Å². The van der Waals surface area contributed by atoms with Crippen molar-refractivity contribution in [2.75, 3.05) is 46.2 Å². The van der Waals surface area contributed by atoms with Gasteiger partial charge in [0.05, 0.1) is 11.9 Å².